The van der Waals surface area contributed by atoms with Crippen LogP contribution in [0.25, 0.3) is 0 Å². The van der Waals surface area contributed by atoms with Gasteiger partial charge >= 0.3 is 5.97 Å². The standard InChI is InChI=1S/C10H10N4O4/c15-9(4-7-2-1-3-18-7)12-8-5-11-14(13-8)6-10(16)17/h1-3,5H,4,6H2,(H,16,17)(H,12,13,15). The summed E-state index contributed by atoms with van der Waals surface area (Å²) in [5.41, 5.74) is 0. The van der Waals surface area contributed by atoms with Crippen LogP contribution in [-0.2, 0) is 22.6 Å². The molecule has 0 aromatic carbocycles. The molecule has 0 fully saturated rings. The minimum Gasteiger partial charge on any atom is -0.480 e. The van der Waals surface area contributed by atoms with Crippen molar-refractivity contribution in [2.75, 3.05) is 5.32 Å². The summed E-state index contributed by atoms with van der Waals surface area (Å²) in [4.78, 5) is 22.9. The third kappa shape index (κ3) is 3.17. The second-order valence-electron chi connectivity index (χ2n) is 3.46. The molecule has 2 rings (SSSR count). The zero-order valence-corrected chi connectivity index (χ0v) is 9.24. The molecule has 2 aromatic heterocycles. The number of aromatic nitrogens is 3. The minimum atomic E-state index is -1.06. The van der Waals surface area contributed by atoms with Gasteiger partial charge in [-0.15, -0.1) is 5.10 Å². The van der Waals surface area contributed by atoms with Gasteiger partial charge in [0, 0.05) is 0 Å². The van der Waals surface area contributed by atoms with E-state index in [1.165, 1.54) is 12.5 Å². The molecule has 18 heavy (non-hydrogen) atoms. The minimum absolute atomic E-state index is 0.0821. The predicted molar refractivity (Wildman–Crippen MR) is 58.7 cm³/mol. The highest BCUT2D eigenvalue weighted by Gasteiger charge is 2.09. The summed E-state index contributed by atoms with van der Waals surface area (Å²) in [5, 5.41) is 18.5. The Morgan fingerprint density at radius 2 is 2.33 bits per heavy atom. The number of aliphatic carboxylic acids is 1. The van der Waals surface area contributed by atoms with Crippen molar-refractivity contribution in [1.82, 2.24) is 15.0 Å². The molecule has 0 bridgehead atoms. The normalized spacial score (nSPS) is 10.2. The Labute approximate surface area is 101 Å². The lowest BCUT2D eigenvalue weighted by Gasteiger charge is -1.98. The monoisotopic (exact) mass is 250 g/mol. The van der Waals surface area contributed by atoms with E-state index in [9.17, 15) is 9.59 Å². The lowest BCUT2D eigenvalue weighted by atomic mass is 10.3. The first-order valence-electron chi connectivity index (χ1n) is 5.07. The molecule has 2 heterocycles. The van der Waals surface area contributed by atoms with E-state index in [1.807, 2.05) is 0 Å². The van der Waals surface area contributed by atoms with Gasteiger partial charge in [0.1, 0.15) is 5.76 Å². The lowest BCUT2D eigenvalue weighted by molar-refractivity contribution is -0.138. The summed E-state index contributed by atoms with van der Waals surface area (Å²) >= 11 is 0. The number of hydrogen-bond donors (Lipinski definition) is 2. The first-order chi connectivity index (χ1) is 8.63. The van der Waals surface area contributed by atoms with Crippen molar-refractivity contribution in [3.05, 3.63) is 30.4 Å². The molecule has 0 saturated carbocycles. The van der Waals surface area contributed by atoms with Gasteiger partial charge in [0.15, 0.2) is 12.4 Å². The smallest absolute Gasteiger partial charge is 0.327 e. The van der Waals surface area contributed by atoms with E-state index in [0.29, 0.717) is 5.76 Å². The van der Waals surface area contributed by atoms with Crippen LogP contribution < -0.4 is 5.32 Å². The Morgan fingerprint density at radius 1 is 1.50 bits per heavy atom. The molecule has 2 N–H and O–H groups in total. The average Bonchev–Trinajstić information content (AvgIpc) is 2.89. The van der Waals surface area contributed by atoms with Gasteiger partial charge in [-0.1, -0.05) is 0 Å². The van der Waals surface area contributed by atoms with Crippen LogP contribution in [0.15, 0.2) is 29.0 Å². The number of carboxylic acids is 1. The summed E-state index contributed by atoms with van der Waals surface area (Å²) in [6.07, 6.45) is 2.84. The Morgan fingerprint density at radius 3 is 3.00 bits per heavy atom. The molecule has 0 aliphatic heterocycles. The van der Waals surface area contributed by atoms with E-state index in [2.05, 4.69) is 15.5 Å². The topological polar surface area (TPSA) is 110 Å². The number of rotatable bonds is 5. The molecule has 0 radical (unpaired) electrons. The molecular formula is C10H10N4O4. The van der Waals surface area contributed by atoms with Gasteiger partial charge in [-0.3, -0.25) is 9.59 Å². The van der Waals surface area contributed by atoms with Gasteiger partial charge in [0.05, 0.1) is 18.9 Å². The maximum atomic E-state index is 11.5. The van der Waals surface area contributed by atoms with Crippen molar-refractivity contribution in [1.29, 1.82) is 0 Å². The van der Waals surface area contributed by atoms with Gasteiger partial charge in [0.2, 0.25) is 5.91 Å². The first-order valence-corrected chi connectivity index (χ1v) is 5.07. The molecule has 0 aliphatic carbocycles. The number of amides is 1. The number of furan rings is 1. The fourth-order valence-electron chi connectivity index (χ4n) is 1.31. The highest BCUT2D eigenvalue weighted by Crippen LogP contribution is 2.04. The maximum Gasteiger partial charge on any atom is 0.327 e. The molecular weight excluding hydrogens is 240 g/mol. The van der Waals surface area contributed by atoms with Crippen LogP contribution in [-0.4, -0.2) is 32.0 Å². The summed E-state index contributed by atoms with van der Waals surface area (Å²) in [6, 6.07) is 3.37. The van der Waals surface area contributed by atoms with E-state index in [-0.39, 0.29) is 24.7 Å². The Hall–Kier alpha value is -2.64. The van der Waals surface area contributed by atoms with Gasteiger partial charge in [-0.05, 0) is 12.1 Å². The van der Waals surface area contributed by atoms with Crippen molar-refractivity contribution in [3.8, 4) is 0 Å². The first kappa shape index (κ1) is 11.8. The zero-order chi connectivity index (χ0) is 13.0. The van der Waals surface area contributed by atoms with E-state index in [4.69, 9.17) is 9.52 Å². The molecule has 0 unspecified atom stereocenters. The number of carboxylic acid groups (broad SMARTS) is 1. The quantitative estimate of drug-likeness (QED) is 0.780. The molecule has 0 saturated heterocycles. The van der Waals surface area contributed by atoms with E-state index >= 15 is 0 Å². The van der Waals surface area contributed by atoms with Gasteiger partial charge in [0.25, 0.3) is 0 Å². The van der Waals surface area contributed by atoms with Crippen LogP contribution in [0, 0.1) is 0 Å². The molecule has 0 aliphatic rings. The molecule has 8 nitrogen and oxygen atoms in total. The Balaban J connectivity index is 1.91. The average molecular weight is 250 g/mol. The lowest BCUT2D eigenvalue weighted by Crippen LogP contribution is -2.15. The van der Waals surface area contributed by atoms with E-state index in [0.717, 1.165) is 4.80 Å². The third-order valence-corrected chi connectivity index (χ3v) is 2.00. The van der Waals surface area contributed by atoms with Crippen LogP contribution in [0.5, 0.6) is 0 Å². The van der Waals surface area contributed by atoms with Crippen LogP contribution >= 0.6 is 0 Å². The molecule has 1 amide bonds. The number of nitrogens with one attached hydrogen (secondary N) is 1. The summed E-state index contributed by atoms with van der Waals surface area (Å²) < 4.78 is 5.02. The van der Waals surface area contributed by atoms with Crippen LogP contribution in [0.4, 0.5) is 5.82 Å². The predicted octanol–water partition coefficient (Wildman–Crippen LogP) is 0.137. The molecule has 94 valence electrons. The van der Waals surface area contributed by atoms with Crippen molar-refractivity contribution >= 4 is 17.7 Å². The Bertz CT molecular complexity index is 546. The third-order valence-electron chi connectivity index (χ3n) is 2.00. The fourth-order valence-corrected chi connectivity index (χ4v) is 1.31. The van der Waals surface area contributed by atoms with Gasteiger partial charge in [-0.25, -0.2) is 0 Å². The summed E-state index contributed by atoms with van der Waals surface area (Å²) in [7, 11) is 0. The summed E-state index contributed by atoms with van der Waals surface area (Å²) in [6.45, 7) is -0.353. The van der Waals surface area contributed by atoms with Crippen molar-refractivity contribution in [3.63, 3.8) is 0 Å². The Kier molecular flexibility index (Phi) is 3.37. The van der Waals surface area contributed by atoms with E-state index < -0.39 is 5.97 Å². The SMILES string of the molecule is O=C(O)Cn1ncc(NC(=O)Cc2ccco2)n1. The van der Waals surface area contributed by atoms with Gasteiger partial charge in [-0.2, -0.15) is 9.90 Å². The molecule has 0 atom stereocenters. The van der Waals surface area contributed by atoms with Crippen molar-refractivity contribution in [2.24, 2.45) is 0 Å². The van der Waals surface area contributed by atoms with Crippen molar-refractivity contribution in [2.45, 2.75) is 13.0 Å². The molecule has 0 spiro atoms. The maximum absolute atomic E-state index is 11.5. The second-order valence-corrected chi connectivity index (χ2v) is 3.46. The van der Waals surface area contributed by atoms with Crippen LogP contribution in [0.1, 0.15) is 5.76 Å². The number of nitrogens with zero attached hydrogens (tertiary/aromatic N) is 3. The number of carbonyl (C=O) groups excluding carboxylic acids is 1. The zero-order valence-electron chi connectivity index (χ0n) is 9.24. The fraction of sp³-hybridized carbons (Fsp3) is 0.200. The van der Waals surface area contributed by atoms with Crippen LogP contribution in [0.2, 0.25) is 0 Å². The largest absolute Gasteiger partial charge is 0.480 e. The summed E-state index contributed by atoms with van der Waals surface area (Å²) in [5.74, 6) is -0.635. The molecule has 8 heteroatoms. The number of hydrogen-bond acceptors (Lipinski definition) is 5. The number of carbonyl (C=O) groups is 2. The second kappa shape index (κ2) is 5.13. The van der Waals surface area contributed by atoms with E-state index in [1.54, 1.807) is 12.1 Å². The van der Waals surface area contributed by atoms with Crippen LogP contribution in [0.3, 0.4) is 0 Å². The highest BCUT2D eigenvalue weighted by atomic mass is 16.4. The van der Waals surface area contributed by atoms with Gasteiger partial charge < -0.3 is 14.8 Å². The highest BCUT2D eigenvalue weighted by molar-refractivity contribution is 5.90. The van der Waals surface area contributed by atoms with Crippen molar-refractivity contribution < 1.29 is 19.1 Å². The number of anilines is 1. The molecule has 2 aromatic rings.